The van der Waals surface area contributed by atoms with Crippen LogP contribution in [0.1, 0.15) is 25.7 Å². The number of rotatable bonds is 6. The highest BCUT2D eigenvalue weighted by Crippen LogP contribution is 2.82. The molecule has 3 fully saturated rings. The molecule has 20 heavy (non-hydrogen) atoms. The summed E-state index contributed by atoms with van der Waals surface area (Å²) in [4.78, 5) is 0. The van der Waals surface area contributed by atoms with E-state index in [-0.39, 0.29) is 0 Å². The van der Waals surface area contributed by atoms with Crippen LogP contribution in [0.5, 0.6) is 5.75 Å². The van der Waals surface area contributed by atoms with Gasteiger partial charge in [-0.05, 0) is 37.3 Å². The van der Waals surface area contributed by atoms with E-state index in [4.69, 9.17) is 4.74 Å². The van der Waals surface area contributed by atoms with Crippen LogP contribution in [0.2, 0.25) is 0 Å². The largest absolute Gasteiger partial charge is 0.493 e. The Balaban J connectivity index is 1.25. The van der Waals surface area contributed by atoms with Crippen LogP contribution in [-0.2, 0) is 0 Å². The number of hydrogen-bond acceptors (Lipinski definition) is 1. The molecule has 0 aliphatic heterocycles. The minimum absolute atomic E-state index is 0.823. The SMILES string of the molecule is C[N+](C)(CCCOc1ccccc1)C1C2CC3CCC321. The van der Waals surface area contributed by atoms with Gasteiger partial charge in [0.05, 0.1) is 33.3 Å². The monoisotopic (exact) mass is 272 g/mol. The van der Waals surface area contributed by atoms with Crippen LogP contribution in [0.3, 0.4) is 0 Å². The predicted octanol–water partition coefficient (Wildman–Crippen LogP) is 3.33. The minimum atomic E-state index is 0.823. The molecule has 2 nitrogen and oxygen atoms in total. The van der Waals surface area contributed by atoms with Gasteiger partial charge in [-0.2, -0.15) is 0 Å². The van der Waals surface area contributed by atoms with E-state index in [2.05, 4.69) is 14.1 Å². The lowest BCUT2D eigenvalue weighted by Crippen LogP contribution is -2.48. The molecule has 0 aromatic heterocycles. The molecule has 0 heterocycles. The van der Waals surface area contributed by atoms with Crippen LogP contribution in [0.4, 0.5) is 0 Å². The molecule has 0 radical (unpaired) electrons. The second kappa shape index (κ2) is 4.24. The topological polar surface area (TPSA) is 9.23 Å². The zero-order valence-electron chi connectivity index (χ0n) is 12.7. The first-order chi connectivity index (χ1) is 9.64. The van der Waals surface area contributed by atoms with Gasteiger partial charge in [0.25, 0.3) is 0 Å². The Kier molecular flexibility index (Phi) is 2.69. The summed E-state index contributed by atoms with van der Waals surface area (Å²) >= 11 is 0. The highest BCUT2D eigenvalue weighted by Gasteiger charge is 2.84. The summed E-state index contributed by atoms with van der Waals surface area (Å²) in [6.07, 6.45) is 5.73. The molecule has 1 aromatic carbocycles. The third-order valence-electron chi connectivity index (χ3n) is 6.38. The Morgan fingerprint density at radius 3 is 2.60 bits per heavy atom. The summed E-state index contributed by atoms with van der Waals surface area (Å²) in [5, 5.41) is 0. The van der Waals surface area contributed by atoms with E-state index in [1.807, 2.05) is 30.3 Å². The summed E-state index contributed by atoms with van der Waals surface area (Å²) in [6, 6.07) is 11.2. The maximum absolute atomic E-state index is 5.82. The molecule has 3 aliphatic rings. The Hall–Kier alpha value is -1.02. The average molecular weight is 272 g/mol. The van der Waals surface area contributed by atoms with Gasteiger partial charge in [0, 0.05) is 17.8 Å². The van der Waals surface area contributed by atoms with Crippen molar-refractivity contribution in [1.82, 2.24) is 0 Å². The molecule has 1 aromatic rings. The van der Waals surface area contributed by atoms with E-state index >= 15 is 0 Å². The molecule has 1 spiro atoms. The van der Waals surface area contributed by atoms with Crippen LogP contribution in [0.15, 0.2) is 30.3 Å². The maximum atomic E-state index is 5.82. The predicted molar refractivity (Wildman–Crippen MR) is 80.6 cm³/mol. The molecule has 0 saturated heterocycles. The van der Waals surface area contributed by atoms with Crippen LogP contribution < -0.4 is 4.74 Å². The number of quaternary nitrogens is 1. The molecule has 108 valence electrons. The molecular formula is C18H26NO+. The molecule has 0 N–H and O–H groups in total. The van der Waals surface area contributed by atoms with Gasteiger partial charge in [0.15, 0.2) is 0 Å². The minimum Gasteiger partial charge on any atom is -0.493 e. The highest BCUT2D eigenvalue weighted by atomic mass is 16.5. The van der Waals surface area contributed by atoms with E-state index in [1.165, 1.54) is 30.3 Å². The third kappa shape index (κ3) is 1.67. The lowest BCUT2D eigenvalue weighted by molar-refractivity contribution is -0.905. The van der Waals surface area contributed by atoms with Crippen LogP contribution in [0, 0.1) is 17.3 Å². The standard InChI is InChI=1S/C18H26NO/c1-19(2,17-16-13-14-9-10-18(14,16)17)11-6-12-20-15-7-4-3-5-8-15/h3-5,7-8,14,16-17H,6,9-13H2,1-2H3/q+1. The third-order valence-corrected chi connectivity index (χ3v) is 6.38. The van der Waals surface area contributed by atoms with E-state index < -0.39 is 0 Å². The van der Waals surface area contributed by atoms with Crippen molar-refractivity contribution < 1.29 is 9.22 Å². The quantitative estimate of drug-likeness (QED) is 0.570. The Labute approximate surface area is 122 Å². The smallest absolute Gasteiger partial charge is 0.119 e. The maximum Gasteiger partial charge on any atom is 0.119 e. The molecule has 4 rings (SSSR count). The summed E-state index contributed by atoms with van der Waals surface area (Å²) < 4.78 is 7.04. The molecule has 4 atom stereocenters. The fourth-order valence-electron chi connectivity index (χ4n) is 5.36. The van der Waals surface area contributed by atoms with Gasteiger partial charge in [-0.15, -0.1) is 0 Å². The van der Waals surface area contributed by atoms with Gasteiger partial charge in [-0.3, -0.25) is 0 Å². The first kappa shape index (κ1) is 12.7. The summed E-state index contributed by atoms with van der Waals surface area (Å²) in [5.41, 5.74) is 0.823. The number of benzene rings is 1. The summed E-state index contributed by atoms with van der Waals surface area (Å²) in [6.45, 7) is 2.10. The normalized spacial score (nSPS) is 37.2. The highest BCUT2D eigenvalue weighted by molar-refractivity contribution is 5.28. The van der Waals surface area contributed by atoms with Gasteiger partial charge >= 0.3 is 0 Å². The Morgan fingerprint density at radius 1 is 1.25 bits per heavy atom. The van der Waals surface area contributed by atoms with Gasteiger partial charge < -0.3 is 9.22 Å². The van der Waals surface area contributed by atoms with Crippen molar-refractivity contribution in [3.05, 3.63) is 30.3 Å². The number of hydrogen-bond donors (Lipinski definition) is 0. The zero-order valence-corrected chi connectivity index (χ0v) is 12.7. The molecule has 0 bridgehead atoms. The molecule has 4 unspecified atom stereocenters. The van der Waals surface area contributed by atoms with E-state index in [0.717, 1.165) is 42.1 Å². The van der Waals surface area contributed by atoms with Crippen LogP contribution in [0.25, 0.3) is 0 Å². The van der Waals surface area contributed by atoms with Gasteiger partial charge in [-0.1, -0.05) is 18.2 Å². The molecule has 0 amide bonds. The fourth-order valence-corrected chi connectivity index (χ4v) is 5.36. The fraction of sp³-hybridized carbons (Fsp3) is 0.667. The van der Waals surface area contributed by atoms with Gasteiger partial charge in [0.2, 0.25) is 0 Å². The first-order valence-corrected chi connectivity index (χ1v) is 8.15. The first-order valence-electron chi connectivity index (χ1n) is 8.15. The Morgan fingerprint density at radius 2 is 2.05 bits per heavy atom. The second-order valence-electron chi connectivity index (χ2n) is 7.65. The number of ether oxygens (including phenoxy) is 1. The van der Waals surface area contributed by atoms with Crippen LogP contribution >= 0.6 is 0 Å². The van der Waals surface area contributed by atoms with Crippen molar-refractivity contribution in [2.24, 2.45) is 17.3 Å². The van der Waals surface area contributed by atoms with Crippen molar-refractivity contribution in [3.8, 4) is 5.75 Å². The van der Waals surface area contributed by atoms with Crippen LogP contribution in [-0.4, -0.2) is 37.8 Å². The summed E-state index contributed by atoms with van der Waals surface area (Å²) in [5.74, 6) is 3.18. The van der Waals surface area contributed by atoms with Crippen molar-refractivity contribution in [3.63, 3.8) is 0 Å². The summed E-state index contributed by atoms with van der Waals surface area (Å²) in [7, 11) is 4.88. The van der Waals surface area contributed by atoms with Crippen molar-refractivity contribution in [2.45, 2.75) is 31.7 Å². The lowest BCUT2D eigenvalue weighted by atomic mass is 9.58. The molecule has 2 heteroatoms. The Bertz CT molecular complexity index is 497. The zero-order chi connectivity index (χ0) is 13.8. The van der Waals surface area contributed by atoms with E-state index in [0.29, 0.717) is 0 Å². The second-order valence-corrected chi connectivity index (χ2v) is 7.65. The average Bonchev–Trinajstić information content (AvgIpc) is 3.10. The van der Waals surface area contributed by atoms with Crippen molar-refractivity contribution in [2.75, 3.05) is 27.2 Å². The van der Waals surface area contributed by atoms with Crippen molar-refractivity contribution in [1.29, 1.82) is 0 Å². The lowest BCUT2D eigenvalue weighted by Gasteiger charge is -2.45. The van der Waals surface area contributed by atoms with Gasteiger partial charge in [-0.25, -0.2) is 0 Å². The van der Waals surface area contributed by atoms with Gasteiger partial charge in [0.1, 0.15) is 5.75 Å². The molecule has 3 saturated carbocycles. The molecule has 3 aliphatic carbocycles. The number of para-hydroxylation sites is 1. The van der Waals surface area contributed by atoms with Crippen molar-refractivity contribution >= 4 is 0 Å². The number of nitrogens with zero attached hydrogens (tertiary/aromatic N) is 1. The van der Waals surface area contributed by atoms with E-state index in [1.54, 1.807) is 0 Å². The molecular weight excluding hydrogens is 246 g/mol. The van der Waals surface area contributed by atoms with E-state index in [9.17, 15) is 0 Å².